The molecule has 0 aromatic carbocycles. The molecule has 1 rings (SSSR count). The van der Waals surface area contributed by atoms with Crippen molar-refractivity contribution in [2.24, 2.45) is 0 Å². The van der Waals surface area contributed by atoms with Crippen LogP contribution in [0.15, 0.2) is 0 Å². The molecule has 1 saturated heterocycles. The predicted molar refractivity (Wildman–Crippen MR) is 38.9 cm³/mol. The Hall–Kier alpha value is -0.120. The van der Waals surface area contributed by atoms with E-state index in [2.05, 4.69) is 5.32 Å². The molecule has 0 aliphatic carbocycles. The van der Waals surface area contributed by atoms with Crippen molar-refractivity contribution in [2.75, 3.05) is 13.1 Å². The van der Waals surface area contributed by atoms with E-state index in [0.29, 0.717) is 0 Å². The van der Waals surface area contributed by atoms with E-state index < -0.39 is 0 Å². The molecule has 0 unspecified atom stereocenters. The maximum atomic E-state index is 9.13. The molecule has 0 amide bonds. The Morgan fingerprint density at radius 2 is 2.30 bits per heavy atom. The number of hydrogen-bond acceptors (Lipinski definition) is 3. The molecule has 3 atom stereocenters. The third kappa shape index (κ3) is 1.94. The first-order chi connectivity index (χ1) is 4.70. The number of nitrogens with one attached hydrogen (secondary N) is 1. The summed E-state index contributed by atoms with van der Waals surface area (Å²) < 4.78 is 5.44. The van der Waals surface area contributed by atoms with Crippen molar-refractivity contribution in [2.45, 2.75) is 32.2 Å². The lowest BCUT2D eigenvalue weighted by Crippen LogP contribution is -2.47. The van der Waals surface area contributed by atoms with Crippen LogP contribution in [0.2, 0.25) is 0 Å². The van der Waals surface area contributed by atoms with Crippen molar-refractivity contribution in [3.8, 4) is 0 Å². The quantitative estimate of drug-likeness (QED) is 0.534. The van der Waals surface area contributed by atoms with E-state index in [1.807, 2.05) is 6.92 Å². The fraction of sp³-hybridized carbons (Fsp3) is 1.00. The van der Waals surface area contributed by atoms with E-state index in [1.54, 1.807) is 6.92 Å². The summed E-state index contributed by atoms with van der Waals surface area (Å²) in [5, 5.41) is 12.3. The molecule has 0 radical (unpaired) electrons. The Balaban J connectivity index is 2.32. The van der Waals surface area contributed by atoms with Crippen molar-refractivity contribution in [3.05, 3.63) is 0 Å². The van der Waals surface area contributed by atoms with E-state index in [4.69, 9.17) is 9.84 Å². The average molecular weight is 145 g/mol. The summed E-state index contributed by atoms with van der Waals surface area (Å²) in [7, 11) is 0. The number of morpholine rings is 1. The lowest BCUT2D eigenvalue weighted by molar-refractivity contribution is -0.0821. The summed E-state index contributed by atoms with van der Waals surface area (Å²) in [5.41, 5.74) is 0. The van der Waals surface area contributed by atoms with Crippen LogP contribution in [0.4, 0.5) is 0 Å². The van der Waals surface area contributed by atoms with Gasteiger partial charge in [-0.15, -0.1) is 0 Å². The highest BCUT2D eigenvalue weighted by molar-refractivity contribution is 4.75. The molecule has 1 fully saturated rings. The highest BCUT2D eigenvalue weighted by atomic mass is 16.5. The Kier molecular flexibility index (Phi) is 2.65. The maximum absolute atomic E-state index is 9.13. The zero-order chi connectivity index (χ0) is 7.56. The summed E-state index contributed by atoms with van der Waals surface area (Å²) >= 11 is 0. The first-order valence-corrected chi connectivity index (χ1v) is 3.74. The molecule has 0 bridgehead atoms. The summed E-state index contributed by atoms with van der Waals surface area (Å²) in [6, 6.07) is 0. The van der Waals surface area contributed by atoms with Crippen molar-refractivity contribution in [3.63, 3.8) is 0 Å². The minimum Gasteiger partial charge on any atom is -0.391 e. The average Bonchev–Trinajstić information content (AvgIpc) is 1.88. The van der Waals surface area contributed by atoms with Crippen LogP contribution in [-0.4, -0.2) is 36.5 Å². The summed E-state index contributed by atoms with van der Waals surface area (Å²) in [6.07, 6.45) is -0.160. The lowest BCUT2D eigenvalue weighted by atomic mass is 10.2. The molecule has 10 heavy (non-hydrogen) atoms. The van der Waals surface area contributed by atoms with Gasteiger partial charge in [0, 0.05) is 13.1 Å². The molecule has 1 aliphatic rings. The Labute approximate surface area is 61.4 Å². The van der Waals surface area contributed by atoms with Crippen molar-refractivity contribution >= 4 is 0 Å². The first kappa shape index (κ1) is 7.98. The van der Waals surface area contributed by atoms with Gasteiger partial charge in [0.1, 0.15) is 0 Å². The van der Waals surface area contributed by atoms with E-state index in [0.717, 1.165) is 13.1 Å². The van der Waals surface area contributed by atoms with Crippen LogP contribution in [0.3, 0.4) is 0 Å². The third-order valence-electron chi connectivity index (χ3n) is 1.72. The molecular weight excluding hydrogens is 130 g/mol. The van der Waals surface area contributed by atoms with Gasteiger partial charge in [0.15, 0.2) is 0 Å². The molecule has 0 saturated carbocycles. The van der Waals surface area contributed by atoms with Gasteiger partial charge in [-0.1, -0.05) is 0 Å². The molecule has 3 heteroatoms. The minimum absolute atomic E-state index is 0.0243. The molecular formula is C7H15NO2. The van der Waals surface area contributed by atoms with Crippen LogP contribution in [0.1, 0.15) is 13.8 Å². The van der Waals surface area contributed by atoms with E-state index in [1.165, 1.54) is 0 Å². The van der Waals surface area contributed by atoms with Gasteiger partial charge in [-0.05, 0) is 13.8 Å². The first-order valence-electron chi connectivity index (χ1n) is 3.74. The molecule has 2 N–H and O–H groups in total. The van der Waals surface area contributed by atoms with Crippen molar-refractivity contribution < 1.29 is 9.84 Å². The van der Waals surface area contributed by atoms with Crippen LogP contribution in [0.5, 0.6) is 0 Å². The number of ether oxygens (including phenoxy) is 1. The smallest absolute Gasteiger partial charge is 0.0959 e. The number of hydrogen-bond donors (Lipinski definition) is 2. The second-order valence-electron chi connectivity index (χ2n) is 2.88. The van der Waals surface area contributed by atoms with Gasteiger partial charge in [0.2, 0.25) is 0 Å². The number of aliphatic hydroxyl groups excluding tert-OH is 1. The summed E-state index contributed by atoms with van der Waals surface area (Å²) in [4.78, 5) is 0. The Morgan fingerprint density at radius 1 is 1.60 bits per heavy atom. The number of rotatable bonds is 1. The largest absolute Gasteiger partial charge is 0.391 e. The SMILES string of the molecule is C[C@@H]1CNC[C@H]([C@H](C)O)O1. The minimum atomic E-state index is -0.366. The fourth-order valence-electron chi connectivity index (χ4n) is 1.11. The van der Waals surface area contributed by atoms with Gasteiger partial charge in [-0.3, -0.25) is 0 Å². The lowest BCUT2D eigenvalue weighted by Gasteiger charge is -2.30. The molecule has 60 valence electrons. The van der Waals surface area contributed by atoms with Gasteiger partial charge in [0.25, 0.3) is 0 Å². The summed E-state index contributed by atoms with van der Waals surface area (Å²) in [6.45, 7) is 5.41. The number of aliphatic hydroxyl groups is 1. The molecule has 0 aromatic heterocycles. The molecule has 0 aromatic rings. The molecule has 0 spiro atoms. The molecule has 1 aliphatic heterocycles. The monoisotopic (exact) mass is 145 g/mol. The van der Waals surface area contributed by atoms with Crippen LogP contribution in [0.25, 0.3) is 0 Å². The van der Waals surface area contributed by atoms with Gasteiger partial charge < -0.3 is 15.2 Å². The third-order valence-corrected chi connectivity index (χ3v) is 1.72. The van der Waals surface area contributed by atoms with Crippen molar-refractivity contribution in [1.82, 2.24) is 5.32 Å². The Bertz CT molecular complexity index is 106. The second-order valence-corrected chi connectivity index (χ2v) is 2.88. The standard InChI is InChI=1S/C7H15NO2/c1-5-3-8-4-7(10-5)6(2)9/h5-9H,3-4H2,1-2H3/t5-,6+,7-/m1/s1. The Morgan fingerprint density at radius 3 is 2.70 bits per heavy atom. The normalized spacial score (nSPS) is 37.5. The highest BCUT2D eigenvalue weighted by Gasteiger charge is 2.22. The fourth-order valence-corrected chi connectivity index (χ4v) is 1.11. The van der Waals surface area contributed by atoms with Crippen LogP contribution >= 0.6 is 0 Å². The van der Waals surface area contributed by atoms with Gasteiger partial charge in [-0.2, -0.15) is 0 Å². The van der Waals surface area contributed by atoms with Crippen LogP contribution < -0.4 is 5.32 Å². The highest BCUT2D eigenvalue weighted by Crippen LogP contribution is 2.06. The molecule has 1 heterocycles. The zero-order valence-electron chi connectivity index (χ0n) is 6.50. The van der Waals surface area contributed by atoms with Crippen LogP contribution in [-0.2, 0) is 4.74 Å². The second kappa shape index (κ2) is 3.32. The van der Waals surface area contributed by atoms with Gasteiger partial charge >= 0.3 is 0 Å². The van der Waals surface area contributed by atoms with E-state index >= 15 is 0 Å². The maximum Gasteiger partial charge on any atom is 0.0959 e. The topological polar surface area (TPSA) is 41.5 Å². The van der Waals surface area contributed by atoms with Gasteiger partial charge in [0.05, 0.1) is 18.3 Å². The van der Waals surface area contributed by atoms with E-state index in [9.17, 15) is 0 Å². The van der Waals surface area contributed by atoms with Crippen LogP contribution in [0, 0.1) is 0 Å². The zero-order valence-corrected chi connectivity index (χ0v) is 6.50. The van der Waals surface area contributed by atoms with E-state index in [-0.39, 0.29) is 18.3 Å². The summed E-state index contributed by atoms with van der Waals surface area (Å²) in [5.74, 6) is 0. The predicted octanol–water partition coefficient (Wildman–Crippen LogP) is -0.256. The van der Waals surface area contributed by atoms with Crippen molar-refractivity contribution in [1.29, 1.82) is 0 Å². The van der Waals surface area contributed by atoms with Gasteiger partial charge in [-0.25, -0.2) is 0 Å². The molecule has 3 nitrogen and oxygen atoms in total.